The lowest BCUT2D eigenvalue weighted by molar-refractivity contribution is -0.148. The van der Waals surface area contributed by atoms with Crippen LogP contribution < -0.4 is 10.6 Å². The van der Waals surface area contributed by atoms with E-state index in [0.29, 0.717) is 42.1 Å². The number of ether oxygens (including phenoxy) is 1. The summed E-state index contributed by atoms with van der Waals surface area (Å²) >= 11 is 6.06. The van der Waals surface area contributed by atoms with Crippen LogP contribution in [0.5, 0.6) is 0 Å². The Bertz CT molecular complexity index is 1470. The van der Waals surface area contributed by atoms with Gasteiger partial charge in [-0.15, -0.1) is 0 Å². The number of nitrogens with one attached hydrogen (secondary N) is 2. The normalized spacial score (nSPS) is 28.4. The van der Waals surface area contributed by atoms with Crippen molar-refractivity contribution in [3.8, 4) is 0 Å². The number of halogens is 1. The van der Waals surface area contributed by atoms with Crippen molar-refractivity contribution >= 4 is 40.7 Å². The summed E-state index contributed by atoms with van der Waals surface area (Å²) < 4.78 is 6.84. The topological polar surface area (TPSA) is 108 Å². The molecular weight excluding hydrogens is 554 g/mol. The number of fused-ring (bicyclic) bond motifs is 1. The monoisotopic (exact) mass is 587 g/mol. The number of aliphatic hydroxyl groups is 1. The highest BCUT2D eigenvalue weighted by atomic mass is 35.5. The fraction of sp³-hybridized carbons (Fsp3) is 0.364. The Morgan fingerprint density at radius 3 is 2.21 bits per heavy atom. The summed E-state index contributed by atoms with van der Waals surface area (Å²) in [6.45, 7) is 1.60. The first kappa shape index (κ1) is 28.4. The number of rotatable bonds is 9. The predicted octanol–water partition coefficient (Wildman–Crippen LogP) is 4.68. The van der Waals surface area contributed by atoms with Crippen molar-refractivity contribution in [3.63, 3.8) is 0 Å². The fourth-order valence-corrected chi connectivity index (χ4v) is 7.50. The Labute approximate surface area is 250 Å². The average Bonchev–Trinajstić information content (AvgIpc) is 3.61. The number of amides is 3. The van der Waals surface area contributed by atoms with E-state index in [9.17, 15) is 19.5 Å². The van der Waals surface area contributed by atoms with E-state index in [0.717, 1.165) is 5.56 Å². The maximum absolute atomic E-state index is 14.6. The molecule has 42 heavy (non-hydrogen) atoms. The molecule has 8 nitrogen and oxygen atoms in total. The van der Waals surface area contributed by atoms with Gasteiger partial charge in [-0.2, -0.15) is 0 Å². The number of likely N-dealkylation sites (tertiary alicyclic amines) is 1. The van der Waals surface area contributed by atoms with Gasteiger partial charge in [-0.25, -0.2) is 0 Å². The van der Waals surface area contributed by atoms with Crippen molar-refractivity contribution in [1.82, 2.24) is 4.90 Å². The highest BCUT2D eigenvalue weighted by Gasteiger charge is 2.79. The van der Waals surface area contributed by atoms with Gasteiger partial charge in [0.2, 0.25) is 17.7 Å². The molecule has 3 aliphatic rings. The molecular formula is C33H34ClN3O5. The van der Waals surface area contributed by atoms with Crippen LogP contribution in [-0.4, -0.2) is 57.6 Å². The zero-order valence-corrected chi connectivity index (χ0v) is 24.1. The van der Waals surface area contributed by atoms with Gasteiger partial charge in [-0.05, 0) is 67.6 Å². The van der Waals surface area contributed by atoms with Crippen LogP contribution in [0, 0.1) is 11.8 Å². The third-order valence-corrected chi connectivity index (χ3v) is 9.47. The van der Waals surface area contributed by atoms with Crippen molar-refractivity contribution in [1.29, 1.82) is 0 Å². The molecule has 218 valence electrons. The number of hydrogen-bond acceptors (Lipinski definition) is 5. The highest BCUT2D eigenvalue weighted by molar-refractivity contribution is 6.30. The molecule has 0 aliphatic carbocycles. The number of benzene rings is 3. The van der Waals surface area contributed by atoms with Crippen molar-refractivity contribution < 1.29 is 24.2 Å². The lowest BCUT2D eigenvalue weighted by atomic mass is 9.65. The van der Waals surface area contributed by atoms with Crippen LogP contribution >= 0.6 is 11.6 Å². The van der Waals surface area contributed by atoms with Crippen LogP contribution in [0.1, 0.15) is 31.7 Å². The Hall–Kier alpha value is -3.72. The van der Waals surface area contributed by atoms with Crippen LogP contribution in [0.3, 0.4) is 0 Å². The van der Waals surface area contributed by atoms with Gasteiger partial charge in [0.05, 0.1) is 30.1 Å². The van der Waals surface area contributed by atoms with Crippen molar-refractivity contribution in [2.75, 3.05) is 17.2 Å². The number of aliphatic hydroxyl groups excluding tert-OH is 1. The molecule has 3 saturated heterocycles. The van der Waals surface area contributed by atoms with Gasteiger partial charge >= 0.3 is 0 Å². The molecule has 6 rings (SSSR count). The van der Waals surface area contributed by atoms with Gasteiger partial charge in [0.15, 0.2) is 0 Å². The van der Waals surface area contributed by atoms with E-state index in [1.165, 1.54) is 4.90 Å². The molecule has 6 atom stereocenters. The van der Waals surface area contributed by atoms with E-state index in [2.05, 4.69) is 10.6 Å². The first-order valence-corrected chi connectivity index (χ1v) is 14.8. The van der Waals surface area contributed by atoms with Crippen LogP contribution in [0.4, 0.5) is 11.4 Å². The van der Waals surface area contributed by atoms with Crippen LogP contribution in [0.15, 0.2) is 84.9 Å². The number of nitrogens with zero attached hydrogens (tertiary/aromatic N) is 1. The molecule has 3 aromatic carbocycles. The smallest absolute Gasteiger partial charge is 0.250 e. The summed E-state index contributed by atoms with van der Waals surface area (Å²) in [5, 5.41) is 17.1. The summed E-state index contributed by atoms with van der Waals surface area (Å²) in [5.41, 5.74) is -0.0204. The second-order valence-electron chi connectivity index (χ2n) is 11.5. The Balaban J connectivity index is 1.41. The molecule has 3 amide bonds. The van der Waals surface area contributed by atoms with Gasteiger partial charge in [0.1, 0.15) is 11.6 Å². The van der Waals surface area contributed by atoms with Crippen LogP contribution in [0.25, 0.3) is 0 Å². The lowest BCUT2D eigenvalue weighted by Crippen LogP contribution is -2.57. The zero-order valence-electron chi connectivity index (χ0n) is 23.3. The molecule has 0 aromatic heterocycles. The number of hydrogen-bond donors (Lipinski definition) is 3. The summed E-state index contributed by atoms with van der Waals surface area (Å²) in [5.74, 6) is -2.73. The molecule has 3 aromatic rings. The van der Waals surface area contributed by atoms with E-state index in [1.807, 2.05) is 55.5 Å². The van der Waals surface area contributed by atoms with Gasteiger partial charge < -0.3 is 25.4 Å². The van der Waals surface area contributed by atoms with Gasteiger partial charge in [-0.1, -0.05) is 67.1 Å². The SMILES string of the molecule is CC[C@@]12CCC3(O1)C(C(=O)Nc1ccc(Cl)cc1)N([C@@H](CO)Cc1ccccc1)C(=O)[C@@H]3[C@@H]2C(=O)Nc1ccccc1. The molecule has 9 heteroatoms. The first-order valence-electron chi connectivity index (χ1n) is 14.4. The molecule has 2 bridgehead atoms. The molecule has 2 unspecified atom stereocenters. The van der Waals surface area contributed by atoms with Gasteiger partial charge in [-0.3, -0.25) is 14.4 Å². The molecule has 3 aliphatic heterocycles. The van der Waals surface area contributed by atoms with Crippen molar-refractivity contribution in [2.24, 2.45) is 11.8 Å². The Kier molecular flexibility index (Phi) is 7.55. The molecule has 3 fully saturated rings. The summed E-state index contributed by atoms with van der Waals surface area (Å²) in [6.07, 6.45) is 1.85. The standard InChI is InChI=1S/C33H34ClN3O5/c1-2-32-17-18-33(42-32)27(26(32)29(39)35-23-11-7-4-8-12-23)31(41)37(25(20-38)19-21-9-5-3-6-10-21)28(33)30(40)36-24-15-13-22(34)14-16-24/h3-16,25-28,38H,2,17-20H2,1H3,(H,35,39)(H,36,40)/t25-,26-,27+,28?,32+,33?/m1/s1. The maximum Gasteiger partial charge on any atom is 0.250 e. The van der Waals surface area contributed by atoms with Crippen LogP contribution in [-0.2, 0) is 25.5 Å². The quantitative estimate of drug-likeness (QED) is 0.337. The number of carbonyl (C=O) groups is 3. The van der Waals surface area contributed by atoms with Gasteiger partial charge in [0.25, 0.3) is 0 Å². The third-order valence-electron chi connectivity index (χ3n) is 9.22. The fourth-order valence-electron chi connectivity index (χ4n) is 7.37. The Morgan fingerprint density at radius 1 is 0.952 bits per heavy atom. The highest BCUT2D eigenvalue weighted by Crippen LogP contribution is 2.64. The number of para-hydroxylation sites is 1. The van der Waals surface area contributed by atoms with Crippen molar-refractivity contribution in [3.05, 3.63) is 95.5 Å². The molecule has 0 radical (unpaired) electrons. The molecule has 0 saturated carbocycles. The van der Waals surface area contributed by atoms with Crippen molar-refractivity contribution in [2.45, 2.75) is 55.9 Å². The van der Waals surface area contributed by atoms with E-state index in [1.54, 1.807) is 36.4 Å². The minimum atomic E-state index is -1.22. The third kappa shape index (κ3) is 4.68. The van der Waals surface area contributed by atoms with Crippen LogP contribution in [0.2, 0.25) is 5.02 Å². The molecule has 3 heterocycles. The summed E-state index contributed by atoms with van der Waals surface area (Å²) in [7, 11) is 0. The number of anilines is 2. The average molecular weight is 588 g/mol. The maximum atomic E-state index is 14.6. The van der Waals surface area contributed by atoms with E-state index in [4.69, 9.17) is 16.3 Å². The summed E-state index contributed by atoms with van der Waals surface area (Å²) in [6, 6.07) is 23.7. The predicted molar refractivity (Wildman–Crippen MR) is 160 cm³/mol. The van der Waals surface area contributed by atoms with E-state index >= 15 is 0 Å². The minimum Gasteiger partial charge on any atom is -0.394 e. The molecule has 3 N–H and O–H groups in total. The van der Waals surface area contributed by atoms with E-state index in [-0.39, 0.29) is 18.4 Å². The largest absolute Gasteiger partial charge is 0.394 e. The van der Waals surface area contributed by atoms with Gasteiger partial charge in [0, 0.05) is 16.4 Å². The number of carbonyl (C=O) groups excluding carboxylic acids is 3. The van der Waals surface area contributed by atoms with E-state index < -0.39 is 41.0 Å². The Morgan fingerprint density at radius 2 is 1.57 bits per heavy atom. The second kappa shape index (κ2) is 11.2. The minimum absolute atomic E-state index is 0.301. The lowest BCUT2D eigenvalue weighted by Gasteiger charge is -2.37. The molecule has 1 spiro atoms. The second-order valence-corrected chi connectivity index (χ2v) is 11.9. The summed E-state index contributed by atoms with van der Waals surface area (Å²) in [4.78, 5) is 44.2. The zero-order chi connectivity index (χ0) is 29.5. The first-order chi connectivity index (χ1) is 20.3.